The number of aliphatic hydroxyl groups excluding tert-OH is 1. The normalized spacial score (nSPS) is 14.9. The van der Waals surface area contributed by atoms with Crippen molar-refractivity contribution >= 4 is 38.0 Å². The van der Waals surface area contributed by atoms with Crippen LogP contribution in [0.15, 0.2) is 64.2 Å². The van der Waals surface area contributed by atoms with Gasteiger partial charge in [-0.15, -0.1) is 0 Å². The maximum Gasteiger partial charge on any atom is 0.262 e. The predicted octanol–water partition coefficient (Wildman–Crippen LogP) is 4.00. The lowest BCUT2D eigenvalue weighted by Crippen LogP contribution is -2.26. The van der Waals surface area contributed by atoms with Crippen LogP contribution in [0.3, 0.4) is 0 Å². The monoisotopic (exact) mass is 498 g/mol. The molecule has 0 amide bonds. The first-order valence-electron chi connectivity index (χ1n) is 11.1. The smallest absolute Gasteiger partial charge is 0.262 e. The molecule has 4 N–H and O–H groups in total. The number of rotatable bonds is 11. The van der Waals surface area contributed by atoms with Gasteiger partial charge in [0.05, 0.1) is 16.5 Å². The van der Waals surface area contributed by atoms with Gasteiger partial charge in [0, 0.05) is 47.2 Å². The van der Waals surface area contributed by atoms with Gasteiger partial charge in [-0.2, -0.15) is 16.4 Å². The Labute approximate surface area is 202 Å². The molecule has 2 aromatic carbocycles. The quantitative estimate of drug-likeness (QED) is 0.232. The van der Waals surface area contributed by atoms with Gasteiger partial charge in [0.1, 0.15) is 12.4 Å². The van der Waals surface area contributed by atoms with E-state index < -0.39 is 16.1 Å². The van der Waals surface area contributed by atoms with Crippen LogP contribution in [0.25, 0.3) is 10.9 Å². The third-order valence-corrected chi connectivity index (χ3v) is 7.97. The molecule has 1 aliphatic carbocycles. The molecule has 10 heteroatoms. The summed E-state index contributed by atoms with van der Waals surface area (Å²) in [6.07, 6.45) is 1.66. The Bertz CT molecular complexity index is 1360. The molecule has 0 unspecified atom stereocenters. The highest BCUT2D eigenvalue weighted by Crippen LogP contribution is 2.42. The summed E-state index contributed by atoms with van der Waals surface area (Å²) in [5.41, 5.74) is 3.16. The van der Waals surface area contributed by atoms with Gasteiger partial charge in [0.2, 0.25) is 0 Å². The Morgan fingerprint density at radius 2 is 2.09 bits per heavy atom. The fourth-order valence-corrected chi connectivity index (χ4v) is 5.89. The second-order valence-corrected chi connectivity index (χ2v) is 10.8. The highest BCUT2D eigenvalue weighted by molar-refractivity contribution is 7.92. The van der Waals surface area contributed by atoms with Crippen LogP contribution in [0.2, 0.25) is 0 Å². The van der Waals surface area contributed by atoms with Crippen molar-refractivity contribution < 1.29 is 18.3 Å². The number of benzene rings is 2. The summed E-state index contributed by atoms with van der Waals surface area (Å²) in [5.74, 6) is 1.38. The zero-order chi connectivity index (χ0) is 23.5. The molecule has 2 heterocycles. The van der Waals surface area contributed by atoms with Crippen LogP contribution < -0.4 is 14.8 Å². The van der Waals surface area contributed by atoms with E-state index in [-0.39, 0.29) is 4.90 Å². The molecule has 1 saturated carbocycles. The fourth-order valence-electron chi connectivity index (χ4n) is 3.81. The minimum atomic E-state index is -3.64. The highest BCUT2D eigenvalue weighted by atomic mass is 32.2. The van der Waals surface area contributed by atoms with Gasteiger partial charge < -0.3 is 15.2 Å². The highest BCUT2D eigenvalue weighted by Gasteiger charge is 2.27. The number of aromatic amines is 1. The van der Waals surface area contributed by atoms with Gasteiger partial charge in [-0.3, -0.25) is 9.82 Å². The number of anilines is 1. The summed E-state index contributed by atoms with van der Waals surface area (Å²) in [6, 6.07) is 14.3. The van der Waals surface area contributed by atoms with Gasteiger partial charge in [0.15, 0.2) is 0 Å². The van der Waals surface area contributed by atoms with Gasteiger partial charge in [0.25, 0.3) is 10.0 Å². The maximum absolute atomic E-state index is 12.4. The average molecular weight is 499 g/mol. The summed E-state index contributed by atoms with van der Waals surface area (Å²) < 4.78 is 33.2. The summed E-state index contributed by atoms with van der Waals surface area (Å²) in [4.78, 5) is 0.222. The SMILES string of the molecule is O=S(=O)(Nc1cccc([C@@H](O)CNCCOc2ccc3c(C4CC4)[nH]nc3c2)c1)c1ccsc1. The second-order valence-electron chi connectivity index (χ2n) is 8.35. The van der Waals surface area contributed by atoms with Gasteiger partial charge in [-0.05, 0) is 54.1 Å². The molecular weight excluding hydrogens is 472 g/mol. The number of aromatic nitrogens is 2. The number of aliphatic hydroxyl groups is 1. The van der Waals surface area contributed by atoms with E-state index in [1.165, 1.54) is 29.9 Å². The van der Waals surface area contributed by atoms with Crippen molar-refractivity contribution in [3.05, 3.63) is 70.5 Å². The number of hydrogen-bond acceptors (Lipinski definition) is 7. The molecule has 0 spiro atoms. The molecular formula is C24H26N4O4S2. The lowest BCUT2D eigenvalue weighted by molar-refractivity contribution is 0.172. The number of nitrogens with one attached hydrogen (secondary N) is 3. The van der Waals surface area contributed by atoms with Crippen LogP contribution in [0.4, 0.5) is 5.69 Å². The minimum absolute atomic E-state index is 0.222. The van der Waals surface area contributed by atoms with Crippen LogP contribution >= 0.6 is 11.3 Å². The molecule has 0 bridgehead atoms. The molecule has 1 atom stereocenters. The fraction of sp³-hybridized carbons (Fsp3) is 0.292. The summed E-state index contributed by atoms with van der Waals surface area (Å²) in [5, 5.41) is 25.7. The average Bonchev–Trinajstić information content (AvgIpc) is 3.33. The number of nitrogens with zero attached hydrogens (tertiary/aromatic N) is 1. The summed E-state index contributed by atoms with van der Waals surface area (Å²) in [6.45, 7) is 1.30. The van der Waals surface area contributed by atoms with Crippen molar-refractivity contribution in [3.63, 3.8) is 0 Å². The number of hydrogen-bond donors (Lipinski definition) is 4. The van der Waals surface area contributed by atoms with E-state index in [9.17, 15) is 13.5 Å². The predicted molar refractivity (Wildman–Crippen MR) is 133 cm³/mol. The van der Waals surface area contributed by atoms with Crippen LogP contribution in [-0.2, 0) is 10.0 Å². The van der Waals surface area contributed by atoms with Crippen molar-refractivity contribution in [2.24, 2.45) is 0 Å². The van der Waals surface area contributed by atoms with Crippen LogP contribution in [0.5, 0.6) is 5.75 Å². The Balaban J connectivity index is 1.09. The van der Waals surface area contributed by atoms with Crippen molar-refractivity contribution in [2.45, 2.75) is 29.8 Å². The van der Waals surface area contributed by atoms with Gasteiger partial charge >= 0.3 is 0 Å². The first-order chi connectivity index (χ1) is 16.5. The lowest BCUT2D eigenvalue weighted by atomic mass is 10.1. The molecule has 0 saturated heterocycles. The zero-order valence-electron chi connectivity index (χ0n) is 18.4. The molecule has 34 heavy (non-hydrogen) atoms. The standard InChI is InChI=1S/C24H26N4O4S2/c29-23(17-2-1-3-18(12-17)28-34(30,31)20-8-11-33-15-20)14-25-9-10-32-19-6-7-21-22(13-19)26-27-24(21)16-4-5-16/h1-3,6-8,11-13,15-16,23,25,28-29H,4-5,9-10,14H2,(H,26,27)/t23-/m0/s1. The molecule has 1 fully saturated rings. The van der Waals surface area contributed by atoms with E-state index in [0.29, 0.717) is 36.9 Å². The molecule has 178 valence electrons. The largest absolute Gasteiger partial charge is 0.492 e. The Morgan fingerprint density at radius 3 is 2.88 bits per heavy atom. The zero-order valence-corrected chi connectivity index (χ0v) is 20.0. The molecule has 4 aromatic rings. The number of ether oxygens (including phenoxy) is 1. The second kappa shape index (κ2) is 9.75. The van der Waals surface area contributed by atoms with Crippen LogP contribution in [-0.4, -0.2) is 43.4 Å². The Morgan fingerprint density at radius 1 is 1.21 bits per heavy atom. The molecule has 2 aromatic heterocycles. The molecule has 0 aliphatic heterocycles. The first-order valence-corrected chi connectivity index (χ1v) is 13.6. The molecule has 1 aliphatic rings. The van der Waals surface area contributed by atoms with Gasteiger partial charge in [-0.1, -0.05) is 12.1 Å². The third-order valence-electron chi connectivity index (χ3n) is 5.76. The number of H-pyrrole nitrogens is 1. The number of fused-ring (bicyclic) bond motifs is 1. The topological polar surface area (TPSA) is 116 Å². The van der Waals surface area contributed by atoms with Crippen molar-refractivity contribution in [1.29, 1.82) is 0 Å². The van der Waals surface area contributed by atoms with E-state index in [1.807, 2.05) is 12.1 Å². The van der Waals surface area contributed by atoms with E-state index in [2.05, 4.69) is 26.3 Å². The van der Waals surface area contributed by atoms with Crippen LogP contribution in [0, 0.1) is 0 Å². The van der Waals surface area contributed by atoms with Crippen LogP contribution in [0.1, 0.15) is 36.1 Å². The van der Waals surface area contributed by atoms with Crippen molar-refractivity contribution in [2.75, 3.05) is 24.4 Å². The lowest BCUT2D eigenvalue weighted by Gasteiger charge is -2.14. The van der Waals surface area contributed by atoms with E-state index in [4.69, 9.17) is 4.74 Å². The Hall–Kier alpha value is -2.92. The molecule has 5 rings (SSSR count). The molecule has 8 nitrogen and oxygen atoms in total. The van der Waals surface area contributed by atoms with E-state index in [0.717, 1.165) is 16.7 Å². The maximum atomic E-state index is 12.4. The van der Waals surface area contributed by atoms with Crippen molar-refractivity contribution in [1.82, 2.24) is 15.5 Å². The first kappa shape index (κ1) is 22.9. The third kappa shape index (κ3) is 5.25. The van der Waals surface area contributed by atoms with Gasteiger partial charge in [-0.25, -0.2) is 8.42 Å². The van der Waals surface area contributed by atoms with E-state index >= 15 is 0 Å². The molecule has 0 radical (unpaired) electrons. The summed E-state index contributed by atoms with van der Waals surface area (Å²) in [7, 11) is -3.64. The van der Waals surface area contributed by atoms with E-state index in [1.54, 1.807) is 41.1 Å². The number of sulfonamides is 1. The number of thiophene rings is 1. The Kier molecular flexibility index (Phi) is 6.55. The summed E-state index contributed by atoms with van der Waals surface area (Å²) >= 11 is 1.32. The van der Waals surface area contributed by atoms with Crippen molar-refractivity contribution in [3.8, 4) is 5.75 Å². The minimum Gasteiger partial charge on any atom is -0.492 e.